The van der Waals surface area contributed by atoms with Crippen LogP contribution < -0.4 is 16.2 Å². The predicted octanol–water partition coefficient (Wildman–Crippen LogP) is 5.15. The van der Waals surface area contributed by atoms with Crippen molar-refractivity contribution < 1.29 is 27.1 Å². The number of carbonyl (C=O) groups is 1. The third kappa shape index (κ3) is 4.77. The number of methoxy groups -OCH3 is 1. The van der Waals surface area contributed by atoms with Gasteiger partial charge in [0.05, 0.1) is 24.7 Å². The molecule has 1 fully saturated rings. The molecule has 3 aromatic heterocycles. The van der Waals surface area contributed by atoms with Gasteiger partial charge in [0.1, 0.15) is 17.0 Å². The molecule has 0 aliphatic carbocycles. The molecule has 3 N–H and O–H groups in total. The average Bonchev–Trinajstić information content (AvgIpc) is 3.55. The fourth-order valence-corrected chi connectivity index (χ4v) is 5.59. The molecule has 1 amide bonds. The van der Waals surface area contributed by atoms with Gasteiger partial charge in [0, 0.05) is 35.1 Å². The number of fused-ring (bicyclic) bond motifs is 2. The highest BCUT2D eigenvalue weighted by molar-refractivity contribution is 6.31. The lowest BCUT2D eigenvalue weighted by Crippen LogP contribution is -2.41. The topological polar surface area (TPSA) is 132 Å². The van der Waals surface area contributed by atoms with E-state index in [1.54, 1.807) is 33.7 Å². The lowest BCUT2D eigenvalue weighted by molar-refractivity contribution is -0.140. The van der Waals surface area contributed by atoms with Crippen LogP contribution in [-0.4, -0.2) is 50.5 Å². The Morgan fingerprint density at radius 2 is 1.93 bits per heavy atom. The van der Waals surface area contributed by atoms with Crippen molar-refractivity contribution in [2.45, 2.75) is 31.6 Å². The first-order valence-electron chi connectivity index (χ1n) is 13.0. The first-order valence-corrected chi connectivity index (χ1v) is 13.4. The molecule has 1 aliphatic rings. The molecule has 218 valence electrons. The molecular formula is C28H24ClF3N6O4. The van der Waals surface area contributed by atoms with Gasteiger partial charge in [-0.05, 0) is 55.3 Å². The van der Waals surface area contributed by atoms with Crippen LogP contribution in [0.2, 0.25) is 5.02 Å². The summed E-state index contributed by atoms with van der Waals surface area (Å²) >= 11 is 6.06. The lowest BCUT2D eigenvalue weighted by Gasteiger charge is -2.32. The van der Waals surface area contributed by atoms with E-state index in [1.807, 2.05) is 0 Å². The number of nitrogens with one attached hydrogen (secondary N) is 1. The minimum atomic E-state index is -4.65. The number of amides is 1. The molecule has 5 aromatic rings. The van der Waals surface area contributed by atoms with Crippen molar-refractivity contribution in [3.8, 4) is 17.2 Å². The van der Waals surface area contributed by atoms with Gasteiger partial charge < -0.3 is 24.8 Å². The SMILES string of the molecule is COc1ccc(-c2nc(C(=O)N3CCC(n4c(=O)[nH]c5cc(Cl)ccc54)CC3)c(CN)o2)c2ccc(C(F)(F)F)nc12. The van der Waals surface area contributed by atoms with Crippen LogP contribution in [0.1, 0.15) is 40.8 Å². The fourth-order valence-electron chi connectivity index (χ4n) is 5.42. The van der Waals surface area contributed by atoms with Crippen molar-refractivity contribution in [1.29, 1.82) is 0 Å². The van der Waals surface area contributed by atoms with Crippen molar-refractivity contribution in [2.24, 2.45) is 5.73 Å². The second-order valence-electron chi connectivity index (χ2n) is 9.89. The van der Waals surface area contributed by atoms with E-state index in [-0.39, 0.29) is 46.9 Å². The molecule has 10 nitrogen and oxygen atoms in total. The van der Waals surface area contributed by atoms with Crippen LogP contribution in [0.15, 0.2) is 51.7 Å². The summed E-state index contributed by atoms with van der Waals surface area (Å²) in [4.78, 5) is 38.9. The molecule has 6 rings (SSSR count). The van der Waals surface area contributed by atoms with Gasteiger partial charge in [-0.1, -0.05) is 11.6 Å². The third-order valence-electron chi connectivity index (χ3n) is 7.44. The highest BCUT2D eigenvalue weighted by Crippen LogP contribution is 2.37. The minimum absolute atomic E-state index is 0.0203. The van der Waals surface area contributed by atoms with E-state index in [0.29, 0.717) is 47.4 Å². The number of nitrogens with zero attached hydrogens (tertiary/aromatic N) is 4. The molecule has 0 saturated carbocycles. The number of benzene rings is 2. The van der Waals surface area contributed by atoms with Crippen LogP contribution in [0.25, 0.3) is 33.4 Å². The summed E-state index contributed by atoms with van der Waals surface area (Å²) in [5.74, 6) is -0.0862. The van der Waals surface area contributed by atoms with Gasteiger partial charge in [-0.2, -0.15) is 13.2 Å². The summed E-state index contributed by atoms with van der Waals surface area (Å²) in [5, 5.41) is 0.821. The highest BCUT2D eigenvalue weighted by Gasteiger charge is 2.34. The molecule has 2 aromatic carbocycles. The Bertz CT molecular complexity index is 1890. The van der Waals surface area contributed by atoms with Crippen LogP contribution in [0.4, 0.5) is 13.2 Å². The summed E-state index contributed by atoms with van der Waals surface area (Å²) in [7, 11) is 1.33. The van der Waals surface area contributed by atoms with E-state index in [2.05, 4.69) is 15.0 Å². The van der Waals surface area contributed by atoms with Crippen LogP contribution >= 0.6 is 11.6 Å². The number of rotatable bonds is 5. The Labute approximate surface area is 240 Å². The average molecular weight is 601 g/mol. The van der Waals surface area contributed by atoms with Gasteiger partial charge in [0.15, 0.2) is 11.5 Å². The van der Waals surface area contributed by atoms with Crippen molar-refractivity contribution >= 4 is 39.4 Å². The van der Waals surface area contributed by atoms with Crippen molar-refractivity contribution in [2.75, 3.05) is 20.2 Å². The van der Waals surface area contributed by atoms with Gasteiger partial charge in [-0.25, -0.2) is 14.8 Å². The predicted molar refractivity (Wildman–Crippen MR) is 148 cm³/mol. The number of carbonyl (C=O) groups excluding carboxylic acids is 1. The monoisotopic (exact) mass is 600 g/mol. The Morgan fingerprint density at radius 1 is 1.17 bits per heavy atom. The molecule has 0 atom stereocenters. The molecule has 0 spiro atoms. The number of H-pyrrole nitrogens is 1. The Kier molecular flexibility index (Phi) is 6.93. The van der Waals surface area contributed by atoms with E-state index in [0.717, 1.165) is 11.6 Å². The molecule has 4 heterocycles. The Morgan fingerprint density at radius 3 is 2.62 bits per heavy atom. The number of oxazole rings is 1. The van der Waals surface area contributed by atoms with Gasteiger partial charge >= 0.3 is 11.9 Å². The maximum atomic E-state index is 13.6. The van der Waals surface area contributed by atoms with Crippen LogP contribution in [0, 0.1) is 0 Å². The Balaban J connectivity index is 1.28. The number of aromatic nitrogens is 4. The number of pyridine rings is 1. The number of hydrogen-bond acceptors (Lipinski definition) is 7. The number of ether oxygens (including phenoxy) is 1. The molecule has 1 saturated heterocycles. The quantitative estimate of drug-likeness (QED) is 0.285. The van der Waals surface area contributed by atoms with Crippen LogP contribution in [0.3, 0.4) is 0 Å². The lowest BCUT2D eigenvalue weighted by atomic mass is 10.0. The third-order valence-corrected chi connectivity index (χ3v) is 7.68. The molecule has 42 heavy (non-hydrogen) atoms. The summed E-state index contributed by atoms with van der Waals surface area (Å²) in [5.41, 5.74) is 6.29. The van der Waals surface area contributed by atoms with Crippen molar-refractivity contribution in [3.63, 3.8) is 0 Å². The number of halogens is 4. The molecular weight excluding hydrogens is 577 g/mol. The van der Waals surface area contributed by atoms with E-state index < -0.39 is 17.8 Å². The minimum Gasteiger partial charge on any atom is -0.494 e. The second-order valence-corrected chi connectivity index (χ2v) is 10.3. The largest absolute Gasteiger partial charge is 0.494 e. The molecule has 14 heteroatoms. The van der Waals surface area contributed by atoms with Crippen LogP contribution in [-0.2, 0) is 12.7 Å². The number of aromatic amines is 1. The number of alkyl halides is 3. The molecule has 1 aliphatic heterocycles. The molecule has 0 unspecified atom stereocenters. The molecule has 0 bridgehead atoms. The van der Waals surface area contributed by atoms with Crippen molar-refractivity contribution in [3.05, 3.63) is 75.1 Å². The zero-order valence-electron chi connectivity index (χ0n) is 22.2. The normalized spacial score (nSPS) is 14.7. The number of likely N-dealkylation sites (tertiary alicyclic amines) is 1. The molecule has 0 radical (unpaired) electrons. The van der Waals surface area contributed by atoms with E-state index >= 15 is 0 Å². The zero-order valence-corrected chi connectivity index (χ0v) is 22.9. The van der Waals surface area contributed by atoms with E-state index in [4.69, 9.17) is 26.5 Å². The van der Waals surface area contributed by atoms with Crippen LogP contribution in [0.5, 0.6) is 5.75 Å². The van der Waals surface area contributed by atoms with E-state index in [9.17, 15) is 22.8 Å². The standard InChI is InChI=1S/C28H24ClF3N6O4/c1-41-20-6-3-17(16-4-7-22(28(30,31)32)35-23(16)20)25-36-24(21(13-33)42-25)26(39)37-10-8-15(9-11-37)38-19-5-2-14(29)12-18(19)34-27(38)40/h2-7,12,15H,8-11,13,33H2,1H3,(H,34,40). The Hall–Kier alpha value is -4.36. The number of hydrogen-bond donors (Lipinski definition) is 2. The maximum absolute atomic E-state index is 13.6. The maximum Gasteiger partial charge on any atom is 0.433 e. The summed E-state index contributed by atoms with van der Waals surface area (Å²) in [6, 6.07) is 10.3. The van der Waals surface area contributed by atoms with Crippen molar-refractivity contribution in [1.82, 2.24) is 24.4 Å². The number of nitrogens with two attached hydrogens (primary N) is 1. The number of piperidine rings is 1. The summed E-state index contributed by atoms with van der Waals surface area (Å²) < 4.78 is 52.8. The smallest absolute Gasteiger partial charge is 0.433 e. The first-order chi connectivity index (χ1) is 20.1. The fraction of sp³-hybridized carbons (Fsp3) is 0.286. The summed E-state index contributed by atoms with van der Waals surface area (Å²) in [6.07, 6.45) is -3.59. The first kappa shape index (κ1) is 27.8. The van der Waals surface area contributed by atoms with Gasteiger partial charge in [0.2, 0.25) is 5.89 Å². The number of imidazole rings is 1. The second kappa shape index (κ2) is 10.5. The van der Waals surface area contributed by atoms with Gasteiger partial charge in [-0.15, -0.1) is 0 Å². The zero-order chi connectivity index (χ0) is 29.8. The van der Waals surface area contributed by atoms with E-state index in [1.165, 1.54) is 19.2 Å². The van der Waals surface area contributed by atoms with Gasteiger partial charge in [-0.3, -0.25) is 9.36 Å². The highest BCUT2D eigenvalue weighted by atomic mass is 35.5. The summed E-state index contributed by atoms with van der Waals surface area (Å²) in [6.45, 7) is 0.596. The van der Waals surface area contributed by atoms with Gasteiger partial charge in [0.25, 0.3) is 5.91 Å².